The zero-order valence-corrected chi connectivity index (χ0v) is 16.0. The minimum absolute atomic E-state index is 0. The molecule has 0 atom stereocenters. The van der Waals surface area contributed by atoms with Crippen LogP contribution < -0.4 is 18.9 Å². The molecule has 0 nitrogen and oxygen atoms in total. The molecule has 0 aromatic heterocycles. The van der Waals surface area contributed by atoms with Crippen LogP contribution >= 0.6 is 0 Å². The Morgan fingerprint density at radius 1 is 0.688 bits per heavy atom. The van der Waals surface area contributed by atoms with E-state index in [4.69, 9.17) is 0 Å². The van der Waals surface area contributed by atoms with Gasteiger partial charge in [0.2, 0.25) is 0 Å². The van der Waals surface area contributed by atoms with Gasteiger partial charge in [-0.05, 0) is 0 Å². The second-order valence-corrected chi connectivity index (χ2v) is 12.6. The molecule has 0 heterocycles. The van der Waals surface area contributed by atoms with Gasteiger partial charge in [0.1, 0.15) is 0 Å². The Morgan fingerprint density at radius 2 is 0.938 bits per heavy atom. The van der Waals surface area contributed by atoms with Gasteiger partial charge >= 0.3 is 111 Å². The number of unbranched alkanes of at least 4 members (excludes halogenated alkanes) is 3. The molecule has 0 aliphatic heterocycles. The van der Waals surface area contributed by atoms with Crippen molar-refractivity contribution in [3.8, 4) is 0 Å². The minimum atomic E-state index is -0.839. The summed E-state index contributed by atoms with van der Waals surface area (Å²) in [6.45, 7) is 7.00. The summed E-state index contributed by atoms with van der Waals surface area (Å²) < 4.78 is 5.04. The normalized spacial score (nSPS) is 9.00. The van der Waals surface area contributed by atoms with Gasteiger partial charge in [0.05, 0.1) is 0 Å². The number of hydrogen-bond acceptors (Lipinski definition) is 0. The van der Waals surface area contributed by atoms with Crippen molar-refractivity contribution >= 4 is 19.8 Å². The number of rotatable bonds is 9. The minimum Gasteiger partial charge on any atom is -0.358 e. The molecule has 0 bridgehead atoms. The van der Waals surface area contributed by atoms with Crippen LogP contribution in [0.25, 0.3) is 0 Å². The van der Waals surface area contributed by atoms with Crippen LogP contribution in [0.15, 0.2) is 0 Å². The molecule has 0 aromatic rings. The van der Waals surface area contributed by atoms with Crippen LogP contribution in [0.2, 0.25) is 13.3 Å². The van der Waals surface area contributed by atoms with Crippen LogP contribution in [0, 0.1) is 7.43 Å². The van der Waals surface area contributed by atoms with Crippen molar-refractivity contribution < 1.29 is 35.9 Å². The maximum absolute atomic E-state index is 2.33. The largest absolute Gasteiger partial charge is 1.00 e. The van der Waals surface area contributed by atoms with E-state index in [0.29, 0.717) is 0 Å². The van der Waals surface area contributed by atoms with Crippen LogP contribution in [0.1, 0.15) is 59.3 Å². The van der Waals surface area contributed by atoms with E-state index in [1.807, 2.05) is 0 Å². The van der Waals surface area contributed by atoms with Crippen LogP contribution in [0.5, 0.6) is 0 Å². The quantitative estimate of drug-likeness (QED) is 0.429. The summed E-state index contributed by atoms with van der Waals surface area (Å²) in [5, 5.41) is 0. The first-order valence-corrected chi connectivity index (χ1v) is 12.2. The SMILES string of the molecule is CCC[CH2][Sn]([CH2]CCC)[CH2]CCC.[CH3-].[Cu].[Li+]. The van der Waals surface area contributed by atoms with Gasteiger partial charge in [-0.1, -0.05) is 0 Å². The van der Waals surface area contributed by atoms with E-state index in [-0.39, 0.29) is 43.4 Å². The summed E-state index contributed by atoms with van der Waals surface area (Å²) in [4.78, 5) is 0. The van der Waals surface area contributed by atoms with Gasteiger partial charge in [-0.15, -0.1) is 0 Å². The van der Waals surface area contributed by atoms with E-state index >= 15 is 0 Å². The standard InChI is InChI=1S/3C4H9.CH3.Cu.Li.Sn/c3*1-3-4-2;;;;/h3*1,3-4H2,2H3;1H3;;;/q;;;-1;;+1;. The zero-order chi connectivity index (χ0) is 9.94. The Hall–Kier alpha value is 1.92. The summed E-state index contributed by atoms with van der Waals surface area (Å²) in [5.41, 5.74) is 0. The molecule has 0 N–H and O–H groups in total. The van der Waals surface area contributed by atoms with Crippen LogP contribution in [-0.2, 0) is 17.1 Å². The predicted octanol–water partition coefficient (Wildman–Crippen LogP) is 2.33. The fraction of sp³-hybridized carbons (Fsp3) is 0.923. The summed E-state index contributed by atoms with van der Waals surface area (Å²) in [5.74, 6) is 0. The molecule has 0 unspecified atom stereocenters. The second kappa shape index (κ2) is 22.1. The maximum Gasteiger partial charge on any atom is 1.00 e. The molecule has 0 saturated heterocycles. The second-order valence-electron chi connectivity index (χ2n) is 4.06. The van der Waals surface area contributed by atoms with Gasteiger partial charge in [0.25, 0.3) is 0 Å². The molecule has 16 heavy (non-hydrogen) atoms. The maximum atomic E-state index is 2.33. The van der Waals surface area contributed by atoms with Crippen molar-refractivity contribution in [2.45, 2.75) is 72.6 Å². The molecule has 0 aromatic carbocycles. The molecule has 2 radical (unpaired) electrons. The smallest absolute Gasteiger partial charge is 0.358 e. The molecular formula is C13H30CuLiSn. The Kier molecular flexibility index (Phi) is 36.6. The number of hydrogen-bond donors (Lipinski definition) is 0. The average Bonchev–Trinajstić information content (AvgIpc) is 2.17. The first-order valence-electron chi connectivity index (χ1n) is 6.18. The van der Waals surface area contributed by atoms with Crippen molar-refractivity contribution in [1.29, 1.82) is 0 Å². The molecule has 0 spiro atoms. The van der Waals surface area contributed by atoms with E-state index in [1.165, 1.54) is 38.5 Å². The summed E-state index contributed by atoms with van der Waals surface area (Å²) >= 11 is -0.839. The first-order chi connectivity index (χ1) is 6.35. The Balaban J connectivity index is -0.000000240. The van der Waals surface area contributed by atoms with Gasteiger partial charge in [-0.2, -0.15) is 0 Å². The Morgan fingerprint density at radius 3 is 1.12 bits per heavy atom. The van der Waals surface area contributed by atoms with Gasteiger partial charge < -0.3 is 7.43 Å². The Labute approximate surface area is 134 Å². The third-order valence-electron chi connectivity index (χ3n) is 2.65. The summed E-state index contributed by atoms with van der Waals surface area (Å²) in [7, 11) is 0. The monoisotopic (exact) mass is 376 g/mol. The molecule has 98 valence electrons. The van der Waals surface area contributed by atoms with Gasteiger partial charge in [-0.25, -0.2) is 0 Å². The first kappa shape index (κ1) is 26.5. The predicted molar refractivity (Wildman–Crippen MR) is 71.3 cm³/mol. The van der Waals surface area contributed by atoms with Crippen LogP contribution in [-0.4, -0.2) is 19.8 Å². The van der Waals surface area contributed by atoms with Gasteiger partial charge in [-0.3, -0.25) is 0 Å². The molecule has 3 heteroatoms. The Bertz CT molecular complexity index is 82.9. The molecule has 0 aliphatic rings. The molecule has 0 saturated carbocycles. The third kappa shape index (κ3) is 18.3. The molecular weight excluding hydrogens is 345 g/mol. The van der Waals surface area contributed by atoms with Crippen LogP contribution in [0.3, 0.4) is 0 Å². The summed E-state index contributed by atoms with van der Waals surface area (Å²) in [6.07, 6.45) is 8.85. The van der Waals surface area contributed by atoms with Crippen LogP contribution in [0.4, 0.5) is 0 Å². The van der Waals surface area contributed by atoms with E-state index < -0.39 is 19.8 Å². The summed E-state index contributed by atoms with van der Waals surface area (Å²) in [6, 6.07) is 0. The fourth-order valence-corrected chi connectivity index (χ4v) is 11.1. The van der Waals surface area contributed by atoms with Crippen molar-refractivity contribution in [1.82, 2.24) is 0 Å². The average molecular weight is 376 g/mol. The topological polar surface area (TPSA) is 0 Å². The van der Waals surface area contributed by atoms with E-state index in [0.717, 1.165) is 0 Å². The van der Waals surface area contributed by atoms with E-state index in [9.17, 15) is 0 Å². The van der Waals surface area contributed by atoms with Crippen molar-refractivity contribution in [2.75, 3.05) is 0 Å². The van der Waals surface area contributed by atoms with Gasteiger partial charge in [0.15, 0.2) is 0 Å². The molecule has 0 fully saturated rings. The fourth-order valence-electron chi connectivity index (χ4n) is 1.66. The van der Waals surface area contributed by atoms with Crippen molar-refractivity contribution in [2.24, 2.45) is 0 Å². The zero-order valence-electron chi connectivity index (χ0n) is 12.2. The van der Waals surface area contributed by atoms with E-state index in [1.54, 1.807) is 13.3 Å². The van der Waals surface area contributed by atoms with E-state index in [2.05, 4.69) is 20.8 Å². The molecule has 0 rings (SSSR count). The van der Waals surface area contributed by atoms with Crippen molar-refractivity contribution in [3.63, 3.8) is 0 Å². The third-order valence-corrected chi connectivity index (χ3v) is 11.7. The molecule has 0 amide bonds. The van der Waals surface area contributed by atoms with Gasteiger partial charge in [0, 0.05) is 17.1 Å². The van der Waals surface area contributed by atoms with Crippen molar-refractivity contribution in [3.05, 3.63) is 7.43 Å². The molecule has 0 aliphatic carbocycles.